The maximum atomic E-state index is 13.0. The van der Waals surface area contributed by atoms with E-state index in [9.17, 15) is 15.0 Å². The molecule has 1 aliphatic heterocycles. The standard InChI is InChI=1S/C28H47N3O4/c1-2-3-4-10-15-29-16-18-30(19-17-29)20-23(35-28(34)22-11-6-5-7-12-22)21-31-26(32)24-13-8-9-14-25(24)27(31)33/h22-23,32-33H,2-21H2,1H3. The van der Waals surface area contributed by atoms with Crippen molar-refractivity contribution in [2.75, 3.05) is 39.3 Å². The minimum absolute atomic E-state index is 0.00807. The molecule has 35 heavy (non-hydrogen) atoms. The Morgan fingerprint density at radius 2 is 1.49 bits per heavy atom. The zero-order valence-electron chi connectivity index (χ0n) is 21.8. The van der Waals surface area contributed by atoms with Gasteiger partial charge in [-0.1, -0.05) is 45.4 Å². The molecule has 1 unspecified atom stereocenters. The van der Waals surface area contributed by atoms with Crippen molar-refractivity contribution in [3.05, 3.63) is 11.1 Å². The molecule has 7 nitrogen and oxygen atoms in total. The lowest BCUT2D eigenvalue weighted by atomic mass is 9.89. The van der Waals surface area contributed by atoms with Crippen LogP contribution in [0.3, 0.4) is 0 Å². The minimum atomic E-state index is -0.383. The molecule has 7 heteroatoms. The molecule has 1 saturated heterocycles. The summed E-state index contributed by atoms with van der Waals surface area (Å²) >= 11 is 0. The zero-order valence-corrected chi connectivity index (χ0v) is 21.8. The summed E-state index contributed by atoms with van der Waals surface area (Å²) in [4.78, 5) is 18.0. The number of fused-ring (bicyclic) bond motifs is 1. The van der Waals surface area contributed by atoms with Crippen LogP contribution in [0.5, 0.6) is 11.8 Å². The Hall–Kier alpha value is -1.73. The van der Waals surface area contributed by atoms with Crippen molar-refractivity contribution in [1.82, 2.24) is 14.4 Å². The van der Waals surface area contributed by atoms with Gasteiger partial charge < -0.3 is 19.8 Å². The number of hydrogen-bond acceptors (Lipinski definition) is 6. The molecule has 0 aromatic carbocycles. The number of esters is 1. The van der Waals surface area contributed by atoms with Crippen molar-refractivity contribution in [3.8, 4) is 11.8 Å². The highest BCUT2D eigenvalue weighted by Crippen LogP contribution is 2.39. The number of ether oxygens (including phenoxy) is 1. The number of aromatic nitrogens is 1. The summed E-state index contributed by atoms with van der Waals surface area (Å²) in [6, 6.07) is 0. The van der Waals surface area contributed by atoms with Crippen LogP contribution in [0.25, 0.3) is 0 Å². The lowest BCUT2D eigenvalue weighted by Crippen LogP contribution is -2.49. The first-order chi connectivity index (χ1) is 17.1. The van der Waals surface area contributed by atoms with Crippen LogP contribution in [0.2, 0.25) is 0 Å². The Morgan fingerprint density at radius 3 is 2.11 bits per heavy atom. The Morgan fingerprint density at radius 1 is 0.857 bits per heavy atom. The number of hydrogen-bond donors (Lipinski definition) is 2. The molecule has 0 radical (unpaired) electrons. The number of rotatable bonds is 11. The molecule has 2 fully saturated rings. The summed E-state index contributed by atoms with van der Waals surface area (Å²) in [6.07, 6.45) is 13.7. The molecule has 0 spiro atoms. The van der Waals surface area contributed by atoms with E-state index in [1.807, 2.05) is 0 Å². The number of aromatic hydroxyl groups is 2. The number of nitrogens with zero attached hydrogens (tertiary/aromatic N) is 3. The van der Waals surface area contributed by atoms with Crippen molar-refractivity contribution >= 4 is 5.97 Å². The second-order valence-electron chi connectivity index (χ2n) is 11.0. The monoisotopic (exact) mass is 489 g/mol. The molecule has 3 aliphatic rings. The zero-order chi connectivity index (χ0) is 24.6. The molecule has 2 aliphatic carbocycles. The predicted molar refractivity (Wildman–Crippen MR) is 138 cm³/mol. The Bertz CT molecular complexity index is 780. The maximum absolute atomic E-state index is 13.0. The van der Waals surface area contributed by atoms with Crippen LogP contribution < -0.4 is 0 Å². The van der Waals surface area contributed by atoms with Crippen LogP contribution in [-0.2, 0) is 28.9 Å². The minimum Gasteiger partial charge on any atom is -0.494 e. The summed E-state index contributed by atoms with van der Waals surface area (Å²) in [5, 5.41) is 21.8. The topological polar surface area (TPSA) is 78.2 Å². The van der Waals surface area contributed by atoms with Gasteiger partial charge in [-0.25, -0.2) is 0 Å². The number of carbonyl (C=O) groups is 1. The van der Waals surface area contributed by atoms with Crippen molar-refractivity contribution in [1.29, 1.82) is 0 Å². The first kappa shape index (κ1) is 26.3. The van der Waals surface area contributed by atoms with Crippen molar-refractivity contribution in [3.63, 3.8) is 0 Å². The molecule has 0 amide bonds. The average molecular weight is 490 g/mol. The lowest BCUT2D eigenvalue weighted by molar-refractivity contribution is -0.157. The van der Waals surface area contributed by atoms with Gasteiger partial charge in [-0.15, -0.1) is 0 Å². The van der Waals surface area contributed by atoms with Crippen LogP contribution in [0.15, 0.2) is 0 Å². The third kappa shape index (κ3) is 6.94. The molecule has 1 aromatic rings. The predicted octanol–water partition coefficient (Wildman–Crippen LogP) is 4.47. The van der Waals surface area contributed by atoms with Gasteiger partial charge in [0.25, 0.3) is 0 Å². The molecule has 2 N–H and O–H groups in total. The van der Waals surface area contributed by atoms with Gasteiger partial charge in [0.2, 0.25) is 0 Å². The Balaban J connectivity index is 1.39. The van der Waals surface area contributed by atoms with Gasteiger partial charge in [0.05, 0.1) is 12.5 Å². The SMILES string of the molecule is CCCCCCN1CCN(CC(Cn2c(O)c3c(c2O)CCCC3)OC(=O)C2CCCCC2)CC1. The molecule has 1 saturated carbocycles. The highest BCUT2D eigenvalue weighted by Gasteiger charge is 2.31. The molecule has 0 bridgehead atoms. The van der Waals surface area contributed by atoms with E-state index in [1.165, 1.54) is 38.6 Å². The van der Waals surface area contributed by atoms with E-state index in [0.717, 1.165) is 88.7 Å². The molecular formula is C28H47N3O4. The third-order valence-electron chi connectivity index (χ3n) is 8.38. The molecule has 1 aromatic heterocycles. The largest absolute Gasteiger partial charge is 0.494 e. The van der Waals surface area contributed by atoms with Crippen LogP contribution in [0, 0.1) is 5.92 Å². The van der Waals surface area contributed by atoms with Crippen molar-refractivity contribution in [2.24, 2.45) is 5.92 Å². The maximum Gasteiger partial charge on any atom is 0.309 e. The summed E-state index contributed by atoms with van der Waals surface area (Å²) in [5.41, 5.74) is 1.76. The van der Waals surface area contributed by atoms with Crippen LogP contribution in [-0.4, -0.2) is 75.9 Å². The van der Waals surface area contributed by atoms with Crippen LogP contribution in [0.1, 0.15) is 88.7 Å². The molecule has 198 valence electrons. The van der Waals surface area contributed by atoms with E-state index >= 15 is 0 Å². The van der Waals surface area contributed by atoms with E-state index in [-0.39, 0.29) is 29.8 Å². The lowest BCUT2D eigenvalue weighted by Gasteiger charge is -2.36. The molecule has 4 rings (SSSR count). The number of unbranched alkanes of at least 4 members (excludes halogenated alkanes) is 3. The number of piperazine rings is 1. The fourth-order valence-corrected chi connectivity index (χ4v) is 6.18. The van der Waals surface area contributed by atoms with Crippen molar-refractivity contribution in [2.45, 2.75) is 103 Å². The van der Waals surface area contributed by atoms with Gasteiger partial charge in [-0.3, -0.25) is 14.3 Å². The first-order valence-corrected chi connectivity index (χ1v) is 14.3. The summed E-state index contributed by atoms with van der Waals surface area (Å²) in [5.74, 6) is 0.215. The highest BCUT2D eigenvalue weighted by atomic mass is 16.5. The first-order valence-electron chi connectivity index (χ1n) is 14.3. The summed E-state index contributed by atoms with van der Waals surface area (Å²) in [6.45, 7) is 8.39. The van der Waals surface area contributed by atoms with Crippen LogP contribution in [0.4, 0.5) is 0 Å². The quantitative estimate of drug-likeness (QED) is 0.353. The van der Waals surface area contributed by atoms with Gasteiger partial charge in [0.15, 0.2) is 11.8 Å². The van der Waals surface area contributed by atoms with E-state index in [2.05, 4.69) is 16.7 Å². The summed E-state index contributed by atoms with van der Waals surface area (Å²) < 4.78 is 7.72. The van der Waals surface area contributed by atoms with E-state index in [4.69, 9.17) is 4.74 Å². The average Bonchev–Trinajstić information content (AvgIpc) is 3.13. The van der Waals surface area contributed by atoms with Crippen molar-refractivity contribution < 1.29 is 19.7 Å². The Kier molecular flexibility index (Phi) is 9.78. The fraction of sp³-hybridized carbons (Fsp3) is 0.821. The van der Waals surface area contributed by atoms with E-state index in [1.54, 1.807) is 4.57 Å². The molecule has 2 heterocycles. The summed E-state index contributed by atoms with van der Waals surface area (Å²) in [7, 11) is 0. The van der Waals surface area contributed by atoms with Crippen LogP contribution >= 0.6 is 0 Å². The third-order valence-corrected chi connectivity index (χ3v) is 8.38. The molecule has 1 atom stereocenters. The van der Waals surface area contributed by atoms with E-state index < -0.39 is 0 Å². The fourth-order valence-electron chi connectivity index (χ4n) is 6.18. The Labute approximate surface area is 211 Å². The van der Waals surface area contributed by atoms with Gasteiger partial charge in [0.1, 0.15) is 6.10 Å². The highest BCUT2D eigenvalue weighted by molar-refractivity contribution is 5.72. The van der Waals surface area contributed by atoms with Gasteiger partial charge in [-0.05, 0) is 51.5 Å². The van der Waals surface area contributed by atoms with Gasteiger partial charge >= 0.3 is 5.97 Å². The van der Waals surface area contributed by atoms with Gasteiger partial charge in [-0.2, -0.15) is 0 Å². The second-order valence-corrected chi connectivity index (χ2v) is 11.0. The van der Waals surface area contributed by atoms with Gasteiger partial charge in [0, 0.05) is 43.9 Å². The molecular weight excluding hydrogens is 442 g/mol. The normalized spacial score (nSPS) is 21.1. The smallest absolute Gasteiger partial charge is 0.309 e. The second kappa shape index (κ2) is 13.0. The number of carbonyl (C=O) groups excluding carboxylic acids is 1. The van der Waals surface area contributed by atoms with E-state index in [0.29, 0.717) is 13.1 Å².